The fourth-order valence-electron chi connectivity index (χ4n) is 3.25. The minimum atomic E-state index is -0.259. The predicted octanol–water partition coefficient (Wildman–Crippen LogP) is 2.48. The molecule has 4 heteroatoms. The van der Waals surface area contributed by atoms with Gasteiger partial charge in [-0.15, -0.1) is 0 Å². The number of amides is 1. The number of allylic oxidation sites excluding steroid dienone is 1. The van der Waals surface area contributed by atoms with Gasteiger partial charge >= 0.3 is 0 Å². The Bertz CT molecular complexity index is 628. The summed E-state index contributed by atoms with van der Waals surface area (Å²) in [6.07, 6.45) is 11.0. The number of carbonyl (C=O) groups excluding carboxylic acids is 1. The Morgan fingerprint density at radius 2 is 2.10 bits per heavy atom. The van der Waals surface area contributed by atoms with E-state index in [1.807, 2.05) is 0 Å². The smallest absolute Gasteiger partial charge is 0.261 e. The van der Waals surface area contributed by atoms with Gasteiger partial charge in [-0.05, 0) is 63.0 Å². The van der Waals surface area contributed by atoms with Gasteiger partial charge in [-0.25, -0.2) is 0 Å². The molecule has 1 heterocycles. The van der Waals surface area contributed by atoms with Gasteiger partial charge in [0.1, 0.15) is 5.56 Å². The average Bonchev–Trinajstić information content (AvgIpc) is 2.94. The third-order valence-corrected chi connectivity index (χ3v) is 4.45. The summed E-state index contributed by atoms with van der Waals surface area (Å²) in [7, 11) is 0. The van der Waals surface area contributed by atoms with Crippen LogP contribution in [0.3, 0.4) is 0 Å². The van der Waals surface area contributed by atoms with Crippen molar-refractivity contribution in [2.75, 3.05) is 6.54 Å². The minimum Gasteiger partial charge on any atom is -0.352 e. The van der Waals surface area contributed by atoms with E-state index < -0.39 is 0 Å². The van der Waals surface area contributed by atoms with E-state index in [9.17, 15) is 9.59 Å². The van der Waals surface area contributed by atoms with Crippen LogP contribution >= 0.6 is 0 Å². The molecule has 0 radical (unpaired) electrons. The number of rotatable bonds is 4. The Labute approximate surface area is 124 Å². The molecular weight excluding hydrogens is 264 g/mol. The third kappa shape index (κ3) is 3.26. The second-order valence-corrected chi connectivity index (χ2v) is 5.98. The predicted molar refractivity (Wildman–Crippen MR) is 82.6 cm³/mol. The van der Waals surface area contributed by atoms with Crippen LogP contribution in [0.25, 0.3) is 0 Å². The van der Waals surface area contributed by atoms with Crippen LogP contribution in [0, 0.1) is 0 Å². The quantitative estimate of drug-likeness (QED) is 0.835. The standard InChI is InChI=1S/C17H22N2O2/c20-16(18-10-9-12-5-2-1-3-6-12)14-11-13-7-4-8-15(13)19-17(14)21/h5,11H,1-4,6-10H2,(H,18,20)(H,19,21). The Morgan fingerprint density at radius 3 is 2.90 bits per heavy atom. The Balaban J connectivity index is 1.60. The summed E-state index contributed by atoms with van der Waals surface area (Å²) < 4.78 is 0. The summed E-state index contributed by atoms with van der Waals surface area (Å²) in [6.45, 7) is 0.612. The number of aromatic nitrogens is 1. The van der Waals surface area contributed by atoms with Crippen LogP contribution in [0.4, 0.5) is 0 Å². The van der Waals surface area contributed by atoms with Gasteiger partial charge in [0.05, 0.1) is 0 Å². The third-order valence-electron chi connectivity index (χ3n) is 4.45. The second-order valence-electron chi connectivity index (χ2n) is 5.98. The molecule has 0 aliphatic heterocycles. The molecule has 2 aliphatic rings. The molecule has 0 spiro atoms. The fourth-order valence-corrected chi connectivity index (χ4v) is 3.25. The summed E-state index contributed by atoms with van der Waals surface area (Å²) >= 11 is 0. The molecule has 1 aromatic rings. The Morgan fingerprint density at radius 1 is 1.19 bits per heavy atom. The van der Waals surface area contributed by atoms with Crippen LogP contribution in [0.1, 0.15) is 60.1 Å². The van der Waals surface area contributed by atoms with Gasteiger partial charge in [0.2, 0.25) is 0 Å². The topological polar surface area (TPSA) is 62.0 Å². The molecule has 0 saturated heterocycles. The molecule has 1 amide bonds. The van der Waals surface area contributed by atoms with E-state index in [2.05, 4.69) is 16.4 Å². The Hall–Kier alpha value is -1.84. The van der Waals surface area contributed by atoms with Crippen LogP contribution in [0.15, 0.2) is 22.5 Å². The number of pyridine rings is 1. The number of H-pyrrole nitrogens is 1. The van der Waals surface area contributed by atoms with Crippen LogP contribution in [0.2, 0.25) is 0 Å². The largest absolute Gasteiger partial charge is 0.352 e. The van der Waals surface area contributed by atoms with E-state index in [-0.39, 0.29) is 17.0 Å². The van der Waals surface area contributed by atoms with Crippen molar-refractivity contribution in [3.8, 4) is 0 Å². The number of hydrogen-bond acceptors (Lipinski definition) is 2. The van der Waals surface area contributed by atoms with Crippen LogP contribution in [-0.2, 0) is 12.8 Å². The molecular formula is C17H22N2O2. The minimum absolute atomic E-state index is 0.248. The molecule has 21 heavy (non-hydrogen) atoms. The normalized spacial score (nSPS) is 17.2. The first-order valence-corrected chi connectivity index (χ1v) is 7.95. The summed E-state index contributed by atoms with van der Waals surface area (Å²) in [5, 5.41) is 2.88. The van der Waals surface area contributed by atoms with Gasteiger partial charge in [-0.3, -0.25) is 9.59 Å². The highest BCUT2D eigenvalue weighted by molar-refractivity contribution is 5.94. The first-order chi connectivity index (χ1) is 10.2. The van der Waals surface area contributed by atoms with Crippen LogP contribution in [0.5, 0.6) is 0 Å². The molecule has 2 aliphatic carbocycles. The Kier molecular flexibility index (Phi) is 4.23. The van der Waals surface area contributed by atoms with Crippen molar-refractivity contribution in [1.82, 2.24) is 10.3 Å². The molecule has 0 atom stereocenters. The molecule has 3 rings (SSSR count). The van der Waals surface area contributed by atoms with Crippen molar-refractivity contribution in [1.29, 1.82) is 0 Å². The summed E-state index contributed by atoms with van der Waals surface area (Å²) in [4.78, 5) is 27.0. The monoisotopic (exact) mass is 286 g/mol. The molecule has 0 aromatic carbocycles. The van der Waals surface area contributed by atoms with Gasteiger partial charge in [0.15, 0.2) is 0 Å². The SMILES string of the molecule is O=C(NCCC1=CCCCC1)c1cc2c([nH]c1=O)CCC2. The van der Waals surface area contributed by atoms with Crippen molar-refractivity contribution < 1.29 is 4.79 Å². The number of fused-ring (bicyclic) bond motifs is 1. The maximum Gasteiger partial charge on any atom is 0.261 e. The number of nitrogens with one attached hydrogen (secondary N) is 2. The van der Waals surface area contributed by atoms with Gasteiger partial charge in [-0.2, -0.15) is 0 Å². The van der Waals surface area contributed by atoms with E-state index in [0.29, 0.717) is 6.54 Å². The number of carbonyl (C=O) groups is 1. The molecule has 4 nitrogen and oxygen atoms in total. The molecule has 2 N–H and O–H groups in total. The summed E-state index contributed by atoms with van der Waals surface area (Å²) in [5.74, 6) is -0.248. The van der Waals surface area contributed by atoms with Crippen molar-refractivity contribution in [2.45, 2.75) is 51.4 Å². The molecule has 0 fully saturated rings. The lowest BCUT2D eigenvalue weighted by Crippen LogP contribution is -2.31. The average molecular weight is 286 g/mol. The second kappa shape index (κ2) is 6.29. The van der Waals surface area contributed by atoms with E-state index in [1.54, 1.807) is 6.07 Å². The number of aryl methyl sites for hydroxylation is 2. The zero-order valence-corrected chi connectivity index (χ0v) is 12.3. The number of aromatic amines is 1. The number of hydrogen-bond donors (Lipinski definition) is 2. The molecule has 0 saturated carbocycles. The van der Waals surface area contributed by atoms with Crippen molar-refractivity contribution in [3.05, 3.63) is 44.9 Å². The highest BCUT2D eigenvalue weighted by Gasteiger charge is 2.17. The van der Waals surface area contributed by atoms with E-state index in [0.717, 1.165) is 49.8 Å². The van der Waals surface area contributed by atoms with Gasteiger partial charge in [0, 0.05) is 12.2 Å². The van der Waals surface area contributed by atoms with E-state index >= 15 is 0 Å². The maximum absolute atomic E-state index is 12.2. The fraction of sp³-hybridized carbons (Fsp3) is 0.529. The zero-order chi connectivity index (χ0) is 14.7. The maximum atomic E-state index is 12.2. The lowest BCUT2D eigenvalue weighted by Gasteiger charge is -2.13. The highest BCUT2D eigenvalue weighted by atomic mass is 16.2. The lowest BCUT2D eigenvalue weighted by molar-refractivity contribution is 0.0952. The van der Waals surface area contributed by atoms with E-state index in [1.165, 1.54) is 18.4 Å². The van der Waals surface area contributed by atoms with Gasteiger partial charge in [0.25, 0.3) is 11.5 Å². The van der Waals surface area contributed by atoms with Crippen molar-refractivity contribution in [2.24, 2.45) is 0 Å². The van der Waals surface area contributed by atoms with Crippen LogP contribution < -0.4 is 10.9 Å². The highest BCUT2D eigenvalue weighted by Crippen LogP contribution is 2.20. The van der Waals surface area contributed by atoms with Gasteiger partial charge in [-0.1, -0.05) is 11.6 Å². The van der Waals surface area contributed by atoms with Crippen molar-refractivity contribution >= 4 is 5.91 Å². The zero-order valence-electron chi connectivity index (χ0n) is 12.3. The molecule has 1 aromatic heterocycles. The van der Waals surface area contributed by atoms with Gasteiger partial charge < -0.3 is 10.3 Å². The van der Waals surface area contributed by atoms with Crippen LogP contribution in [-0.4, -0.2) is 17.4 Å². The lowest BCUT2D eigenvalue weighted by atomic mass is 9.97. The molecule has 0 unspecified atom stereocenters. The summed E-state index contributed by atoms with van der Waals surface area (Å²) in [5.41, 5.74) is 3.56. The van der Waals surface area contributed by atoms with E-state index in [4.69, 9.17) is 0 Å². The van der Waals surface area contributed by atoms with Crippen molar-refractivity contribution in [3.63, 3.8) is 0 Å². The first-order valence-electron chi connectivity index (χ1n) is 7.95. The molecule has 112 valence electrons. The summed E-state index contributed by atoms with van der Waals surface area (Å²) in [6, 6.07) is 1.77. The first kappa shape index (κ1) is 14.1. The molecule has 0 bridgehead atoms.